The van der Waals surface area contributed by atoms with Crippen molar-refractivity contribution in [2.24, 2.45) is 5.92 Å². The monoisotopic (exact) mass is 376 g/mol. The molecule has 7 heteroatoms. The number of amides is 1. The zero-order valence-electron chi connectivity index (χ0n) is 16.4. The normalized spacial score (nSPS) is 13.4. The zero-order valence-corrected chi connectivity index (χ0v) is 16.4. The second-order valence-electron chi connectivity index (χ2n) is 7.38. The number of nitrogens with zero attached hydrogens (tertiary/aromatic N) is 4. The SMILES string of the molecule is Cc1nn(-c2ccc(Nc3ccc(NC(=O)CC4CC4)cc3)nn2)c(C)c1C. The molecule has 28 heavy (non-hydrogen) atoms. The number of hydrogen-bond donors (Lipinski definition) is 2. The Morgan fingerprint density at radius 2 is 1.75 bits per heavy atom. The second kappa shape index (κ2) is 7.42. The maximum Gasteiger partial charge on any atom is 0.224 e. The van der Waals surface area contributed by atoms with Gasteiger partial charge in [0.15, 0.2) is 11.6 Å². The van der Waals surface area contributed by atoms with E-state index in [1.807, 2.05) is 50.2 Å². The Morgan fingerprint density at radius 1 is 1.04 bits per heavy atom. The molecule has 0 atom stereocenters. The Morgan fingerprint density at radius 3 is 2.32 bits per heavy atom. The summed E-state index contributed by atoms with van der Waals surface area (Å²) in [5.74, 6) is 2.00. The Bertz CT molecular complexity index is 987. The lowest BCUT2D eigenvalue weighted by Gasteiger charge is -2.08. The van der Waals surface area contributed by atoms with E-state index < -0.39 is 0 Å². The molecule has 0 saturated heterocycles. The van der Waals surface area contributed by atoms with Crippen LogP contribution in [0.4, 0.5) is 17.2 Å². The average Bonchev–Trinajstić information content (AvgIpc) is 3.46. The maximum atomic E-state index is 11.9. The number of rotatable bonds is 6. The van der Waals surface area contributed by atoms with Gasteiger partial charge in [0.2, 0.25) is 5.91 Å². The lowest BCUT2D eigenvalue weighted by Crippen LogP contribution is -2.11. The van der Waals surface area contributed by atoms with Gasteiger partial charge in [-0.15, -0.1) is 10.2 Å². The summed E-state index contributed by atoms with van der Waals surface area (Å²) in [6.45, 7) is 6.06. The van der Waals surface area contributed by atoms with Crippen LogP contribution < -0.4 is 10.6 Å². The third kappa shape index (κ3) is 4.03. The van der Waals surface area contributed by atoms with Crippen molar-refractivity contribution >= 4 is 23.1 Å². The minimum Gasteiger partial charge on any atom is -0.339 e. The standard InChI is InChI=1S/C21H24N6O/c1-13-14(2)26-27(15(13)3)20-11-10-19(24-25-20)22-17-6-8-18(9-7-17)23-21(28)12-16-4-5-16/h6-11,16H,4-5,12H2,1-3H3,(H,22,24)(H,23,28). The van der Waals surface area contributed by atoms with Crippen LogP contribution in [-0.2, 0) is 4.79 Å². The first-order chi connectivity index (χ1) is 13.5. The number of nitrogens with one attached hydrogen (secondary N) is 2. The molecule has 2 N–H and O–H groups in total. The molecular formula is C21H24N6O. The molecule has 1 aliphatic carbocycles. The van der Waals surface area contributed by atoms with Crippen molar-refractivity contribution in [1.82, 2.24) is 20.0 Å². The fraction of sp³-hybridized carbons (Fsp3) is 0.333. The Kier molecular flexibility index (Phi) is 4.81. The molecule has 2 aromatic heterocycles. The highest BCUT2D eigenvalue weighted by Crippen LogP contribution is 2.32. The van der Waals surface area contributed by atoms with Crippen LogP contribution in [0.2, 0.25) is 0 Å². The van der Waals surface area contributed by atoms with Gasteiger partial charge in [0, 0.05) is 23.5 Å². The summed E-state index contributed by atoms with van der Waals surface area (Å²) < 4.78 is 1.81. The first-order valence-corrected chi connectivity index (χ1v) is 9.53. The predicted octanol–water partition coefficient (Wildman–Crippen LogP) is 4.07. The van der Waals surface area contributed by atoms with Crippen LogP contribution >= 0.6 is 0 Å². The molecule has 1 aromatic carbocycles. The van der Waals surface area contributed by atoms with E-state index >= 15 is 0 Å². The Hall–Kier alpha value is -3.22. The quantitative estimate of drug-likeness (QED) is 0.677. The summed E-state index contributed by atoms with van der Waals surface area (Å²) >= 11 is 0. The summed E-state index contributed by atoms with van der Waals surface area (Å²) in [6.07, 6.45) is 2.97. The lowest BCUT2D eigenvalue weighted by atomic mass is 10.2. The molecule has 144 valence electrons. The number of hydrogen-bond acceptors (Lipinski definition) is 5. The van der Waals surface area contributed by atoms with Gasteiger partial charge < -0.3 is 10.6 Å². The van der Waals surface area contributed by atoms with Gasteiger partial charge in [-0.2, -0.15) is 5.10 Å². The summed E-state index contributed by atoms with van der Waals surface area (Å²) in [4.78, 5) is 11.9. The Labute approximate surface area is 164 Å². The minimum absolute atomic E-state index is 0.0871. The fourth-order valence-electron chi connectivity index (χ4n) is 3.03. The average molecular weight is 376 g/mol. The molecule has 2 heterocycles. The van der Waals surface area contributed by atoms with E-state index in [0.29, 0.717) is 24.0 Å². The molecule has 7 nitrogen and oxygen atoms in total. The molecule has 3 aromatic rings. The summed E-state index contributed by atoms with van der Waals surface area (Å²) in [5, 5.41) is 19.2. The van der Waals surface area contributed by atoms with E-state index in [1.165, 1.54) is 12.8 Å². The molecule has 0 radical (unpaired) electrons. The van der Waals surface area contributed by atoms with Crippen LogP contribution in [0, 0.1) is 26.7 Å². The van der Waals surface area contributed by atoms with Crippen molar-refractivity contribution in [2.75, 3.05) is 10.6 Å². The summed E-state index contributed by atoms with van der Waals surface area (Å²) in [7, 11) is 0. The number of aromatic nitrogens is 4. The van der Waals surface area contributed by atoms with Crippen molar-refractivity contribution in [3.05, 3.63) is 53.3 Å². The van der Waals surface area contributed by atoms with Crippen molar-refractivity contribution in [2.45, 2.75) is 40.0 Å². The third-order valence-electron chi connectivity index (χ3n) is 5.13. The maximum absolute atomic E-state index is 11.9. The molecular weight excluding hydrogens is 352 g/mol. The zero-order chi connectivity index (χ0) is 19.7. The number of anilines is 3. The topological polar surface area (TPSA) is 84.7 Å². The van der Waals surface area contributed by atoms with Gasteiger partial charge >= 0.3 is 0 Å². The van der Waals surface area contributed by atoms with E-state index in [-0.39, 0.29) is 5.91 Å². The van der Waals surface area contributed by atoms with E-state index in [9.17, 15) is 4.79 Å². The lowest BCUT2D eigenvalue weighted by molar-refractivity contribution is -0.116. The largest absolute Gasteiger partial charge is 0.339 e. The van der Waals surface area contributed by atoms with Crippen LogP contribution in [-0.4, -0.2) is 25.9 Å². The first-order valence-electron chi connectivity index (χ1n) is 9.53. The van der Waals surface area contributed by atoms with E-state index in [1.54, 1.807) is 4.68 Å². The van der Waals surface area contributed by atoms with Crippen LogP contribution in [0.3, 0.4) is 0 Å². The molecule has 1 amide bonds. The van der Waals surface area contributed by atoms with Crippen LogP contribution in [0.15, 0.2) is 36.4 Å². The number of aryl methyl sites for hydroxylation is 1. The van der Waals surface area contributed by atoms with Crippen LogP contribution in [0.1, 0.15) is 36.2 Å². The molecule has 0 aliphatic heterocycles. The van der Waals surface area contributed by atoms with Gasteiger partial charge in [-0.25, -0.2) is 4.68 Å². The molecule has 4 rings (SSSR count). The van der Waals surface area contributed by atoms with Crippen molar-refractivity contribution in [3.8, 4) is 5.82 Å². The molecule has 0 bridgehead atoms. The highest BCUT2D eigenvalue weighted by molar-refractivity contribution is 5.91. The molecule has 1 fully saturated rings. The second-order valence-corrected chi connectivity index (χ2v) is 7.38. The summed E-state index contributed by atoms with van der Waals surface area (Å²) in [6, 6.07) is 11.3. The molecule has 1 aliphatic rings. The summed E-state index contributed by atoms with van der Waals surface area (Å²) in [5.41, 5.74) is 4.90. The van der Waals surface area contributed by atoms with Gasteiger partial charge in [0.25, 0.3) is 0 Å². The van der Waals surface area contributed by atoms with E-state index in [0.717, 1.165) is 28.3 Å². The van der Waals surface area contributed by atoms with Gasteiger partial charge in [0.1, 0.15) is 0 Å². The fourth-order valence-corrected chi connectivity index (χ4v) is 3.03. The number of benzene rings is 1. The van der Waals surface area contributed by atoms with Gasteiger partial charge in [-0.3, -0.25) is 4.79 Å². The highest BCUT2D eigenvalue weighted by atomic mass is 16.1. The van der Waals surface area contributed by atoms with Gasteiger partial charge in [-0.05, 0) is 81.5 Å². The van der Waals surface area contributed by atoms with E-state index in [4.69, 9.17) is 0 Å². The van der Waals surface area contributed by atoms with Gasteiger partial charge in [-0.1, -0.05) is 0 Å². The van der Waals surface area contributed by atoms with Gasteiger partial charge in [0.05, 0.1) is 5.69 Å². The smallest absolute Gasteiger partial charge is 0.224 e. The Balaban J connectivity index is 1.39. The first kappa shape index (κ1) is 18.2. The third-order valence-corrected chi connectivity index (χ3v) is 5.13. The predicted molar refractivity (Wildman–Crippen MR) is 109 cm³/mol. The van der Waals surface area contributed by atoms with Crippen LogP contribution in [0.25, 0.3) is 5.82 Å². The highest BCUT2D eigenvalue weighted by Gasteiger charge is 2.24. The molecule has 0 unspecified atom stereocenters. The van der Waals surface area contributed by atoms with E-state index in [2.05, 4.69) is 32.9 Å². The number of carbonyl (C=O) groups is 1. The molecule has 0 spiro atoms. The van der Waals surface area contributed by atoms with Crippen molar-refractivity contribution < 1.29 is 4.79 Å². The number of carbonyl (C=O) groups excluding carboxylic acids is 1. The van der Waals surface area contributed by atoms with Crippen molar-refractivity contribution in [3.63, 3.8) is 0 Å². The minimum atomic E-state index is 0.0871. The molecule has 1 saturated carbocycles. The van der Waals surface area contributed by atoms with Crippen molar-refractivity contribution in [1.29, 1.82) is 0 Å². The van der Waals surface area contributed by atoms with Crippen LogP contribution in [0.5, 0.6) is 0 Å².